The summed E-state index contributed by atoms with van der Waals surface area (Å²) < 4.78 is 16.7. The summed E-state index contributed by atoms with van der Waals surface area (Å²) in [7, 11) is 0. The van der Waals surface area contributed by atoms with Crippen LogP contribution in [0.5, 0.6) is 0 Å². The van der Waals surface area contributed by atoms with Crippen LogP contribution in [0.2, 0.25) is 0 Å². The van der Waals surface area contributed by atoms with E-state index >= 15 is 0 Å². The zero-order chi connectivity index (χ0) is 23.5. The molecule has 0 amide bonds. The lowest BCUT2D eigenvalue weighted by atomic mass is 10.0. The molecule has 0 saturated carbocycles. The Morgan fingerprint density at radius 1 is 0.719 bits per heavy atom. The molecule has 0 aromatic carbocycles. The normalized spacial score (nSPS) is 11.4. The van der Waals surface area contributed by atoms with Crippen LogP contribution in [0.4, 0.5) is 0 Å². The Kier molecular flexibility index (Phi) is 26.0. The number of esters is 1. The Morgan fingerprint density at radius 3 is 1.81 bits per heavy atom. The van der Waals surface area contributed by atoms with E-state index in [1.54, 1.807) is 0 Å². The van der Waals surface area contributed by atoms with E-state index in [1.807, 2.05) is 0 Å². The fraction of sp³-hybridized carbons (Fsp3) is 0.962. The Hall–Kier alpha value is -0.690. The molecule has 192 valence electrons. The number of nitrogens with one attached hydrogen (secondary N) is 1. The summed E-state index contributed by atoms with van der Waals surface area (Å²) in [6.07, 6.45) is 17.5. The second-order valence-corrected chi connectivity index (χ2v) is 8.67. The molecule has 32 heavy (non-hydrogen) atoms. The monoisotopic (exact) mass is 459 g/mol. The fourth-order valence-corrected chi connectivity index (χ4v) is 3.64. The standard InChI is InChI=1S/C26H53NO5/c1-3-5-7-9-11-13-15-25(16-14-12-10-8-6-4-2)32-26(29)17-21-30-23-24-31-22-19-27-18-20-28/h25,27-28H,3-24H2,1-2H3. The van der Waals surface area contributed by atoms with Crippen molar-refractivity contribution in [2.24, 2.45) is 0 Å². The van der Waals surface area contributed by atoms with E-state index in [4.69, 9.17) is 19.3 Å². The van der Waals surface area contributed by atoms with Gasteiger partial charge in [-0.1, -0.05) is 78.1 Å². The van der Waals surface area contributed by atoms with Gasteiger partial charge in [-0.3, -0.25) is 4.79 Å². The van der Waals surface area contributed by atoms with Gasteiger partial charge in [-0.2, -0.15) is 0 Å². The quantitative estimate of drug-likeness (QED) is 0.133. The lowest BCUT2D eigenvalue weighted by Gasteiger charge is -2.18. The van der Waals surface area contributed by atoms with Crippen LogP contribution in [0.25, 0.3) is 0 Å². The molecular formula is C26H53NO5. The van der Waals surface area contributed by atoms with Crippen molar-refractivity contribution in [1.82, 2.24) is 5.32 Å². The Labute approximate surface area is 198 Å². The SMILES string of the molecule is CCCCCCCCC(CCCCCCCC)OC(=O)CCOCCOCCNCCO. The highest BCUT2D eigenvalue weighted by molar-refractivity contribution is 5.69. The highest BCUT2D eigenvalue weighted by Crippen LogP contribution is 2.17. The van der Waals surface area contributed by atoms with E-state index in [-0.39, 0.29) is 18.7 Å². The molecule has 0 aromatic rings. The topological polar surface area (TPSA) is 77.0 Å². The first-order chi connectivity index (χ1) is 15.7. The van der Waals surface area contributed by atoms with Gasteiger partial charge >= 0.3 is 5.97 Å². The molecule has 0 saturated heterocycles. The van der Waals surface area contributed by atoms with Crippen molar-refractivity contribution in [3.8, 4) is 0 Å². The molecule has 0 fully saturated rings. The largest absolute Gasteiger partial charge is 0.462 e. The number of carbonyl (C=O) groups is 1. The summed E-state index contributed by atoms with van der Waals surface area (Å²) in [6, 6.07) is 0. The molecule has 0 aliphatic heterocycles. The Balaban J connectivity index is 3.91. The first-order valence-corrected chi connectivity index (χ1v) is 13.4. The molecular weight excluding hydrogens is 406 g/mol. The fourth-order valence-electron chi connectivity index (χ4n) is 3.64. The van der Waals surface area contributed by atoms with Crippen molar-refractivity contribution >= 4 is 5.97 Å². The number of unbranched alkanes of at least 4 members (excludes halogenated alkanes) is 10. The molecule has 0 aliphatic rings. The van der Waals surface area contributed by atoms with Crippen molar-refractivity contribution in [3.63, 3.8) is 0 Å². The van der Waals surface area contributed by atoms with Gasteiger partial charge < -0.3 is 24.6 Å². The first-order valence-electron chi connectivity index (χ1n) is 13.4. The summed E-state index contributed by atoms with van der Waals surface area (Å²) in [5.74, 6) is -0.138. The number of hydrogen-bond acceptors (Lipinski definition) is 6. The van der Waals surface area contributed by atoms with Crippen LogP contribution >= 0.6 is 0 Å². The van der Waals surface area contributed by atoms with Crippen molar-refractivity contribution in [1.29, 1.82) is 0 Å². The van der Waals surface area contributed by atoms with Gasteiger partial charge in [0.1, 0.15) is 6.10 Å². The van der Waals surface area contributed by atoms with Crippen LogP contribution in [0.1, 0.15) is 110 Å². The molecule has 6 nitrogen and oxygen atoms in total. The number of aliphatic hydroxyl groups is 1. The molecule has 0 aromatic heterocycles. The number of aliphatic hydroxyl groups excluding tert-OH is 1. The highest BCUT2D eigenvalue weighted by Gasteiger charge is 2.14. The lowest BCUT2D eigenvalue weighted by Crippen LogP contribution is -2.23. The second kappa shape index (κ2) is 26.6. The second-order valence-electron chi connectivity index (χ2n) is 8.67. The van der Waals surface area contributed by atoms with Crippen LogP contribution in [0.3, 0.4) is 0 Å². The van der Waals surface area contributed by atoms with Gasteiger partial charge in [-0.15, -0.1) is 0 Å². The molecule has 0 atom stereocenters. The Morgan fingerprint density at radius 2 is 1.25 bits per heavy atom. The van der Waals surface area contributed by atoms with Crippen molar-refractivity contribution in [2.45, 2.75) is 116 Å². The summed E-state index contributed by atoms with van der Waals surface area (Å²) in [5, 5.41) is 11.7. The average Bonchev–Trinajstić information content (AvgIpc) is 2.79. The zero-order valence-electron chi connectivity index (χ0n) is 21.2. The van der Waals surface area contributed by atoms with Crippen molar-refractivity contribution in [3.05, 3.63) is 0 Å². The predicted octanol–water partition coefficient (Wildman–Crippen LogP) is 5.40. The van der Waals surface area contributed by atoms with E-state index in [9.17, 15) is 4.79 Å². The predicted molar refractivity (Wildman–Crippen MR) is 132 cm³/mol. The molecule has 0 rings (SSSR count). The van der Waals surface area contributed by atoms with Crippen LogP contribution < -0.4 is 5.32 Å². The Bertz CT molecular complexity index is 365. The van der Waals surface area contributed by atoms with Gasteiger partial charge in [0, 0.05) is 13.1 Å². The summed E-state index contributed by atoms with van der Waals surface area (Å²) >= 11 is 0. The minimum absolute atomic E-state index is 0.0644. The maximum absolute atomic E-state index is 12.3. The van der Waals surface area contributed by atoms with Gasteiger partial charge in [-0.25, -0.2) is 0 Å². The van der Waals surface area contributed by atoms with E-state index in [2.05, 4.69) is 19.2 Å². The van der Waals surface area contributed by atoms with E-state index in [1.165, 1.54) is 64.2 Å². The van der Waals surface area contributed by atoms with Crippen LogP contribution in [0.15, 0.2) is 0 Å². The summed E-state index contributed by atoms with van der Waals surface area (Å²) in [5.41, 5.74) is 0. The number of rotatable bonds is 26. The molecule has 0 aliphatic carbocycles. The van der Waals surface area contributed by atoms with Crippen molar-refractivity contribution in [2.75, 3.05) is 46.1 Å². The van der Waals surface area contributed by atoms with Crippen LogP contribution in [0, 0.1) is 0 Å². The molecule has 0 spiro atoms. The molecule has 0 radical (unpaired) electrons. The average molecular weight is 460 g/mol. The van der Waals surface area contributed by atoms with E-state index in [0.29, 0.717) is 45.9 Å². The molecule has 0 unspecified atom stereocenters. The number of carbonyl (C=O) groups excluding carboxylic acids is 1. The van der Waals surface area contributed by atoms with Crippen LogP contribution in [-0.4, -0.2) is 63.3 Å². The van der Waals surface area contributed by atoms with Gasteiger partial charge in [0.25, 0.3) is 0 Å². The summed E-state index contributed by atoms with van der Waals surface area (Å²) in [6.45, 7) is 7.87. The molecule has 6 heteroatoms. The maximum Gasteiger partial charge on any atom is 0.308 e. The smallest absolute Gasteiger partial charge is 0.308 e. The molecule has 2 N–H and O–H groups in total. The maximum atomic E-state index is 12.3. The van der Waals surface area contributed by atoms with Gasteiger partial charge in [0.2, 0.25) is 0 Å². The molecule has 0 bridgehead atoms. The number of hydrogen-bond donors (Lipinski definition) is 2. The highest BCUT2D eigenvalue weighted by atomic mass is 16.5. The van der Waals surface area contributed by atoms with E-state index in [0.717, 1.165) is 25.7 Å². The minimum Gasteiger partial charge on any atom is -0.462 e. The van der Waals surface area contributed by atoms with Crippen LogP contribution in [-0.2, 0) is 19.0 Å². The minimum atomic E-state index is -0.138. The third-order valence-corrected chi connectivity index (χ3v) is 5.59. The van der Waals surface area contributed by atoms with Gasteiger partial charge in [0.05, 0.1) is 39.5 Å². The van der Waals surface area contributed by atoms with Crippen molar-refractivity contribution < 1.29 is 24.1 Å². The van der Waals surface area contributed by atoms with Gasteiger partial charge in [-0.05, 0) is 25.7 Å². The third kappa shape index (κ3) is 24.0. The zero-order valence-corrected chi connectivity index (χ0v) is 21.2. The lowest BCUT2D eigenvalue weighted by molar-refractivity contribution is -0.151. The third-order valence-electron chi connectivity index (χ3n) is 5.59. The first kappa shape index (κ1) is 31.3. The number of ether oxygens (including phenoxy) is 3. The summed E-state index contributed by atoms with van der Waals surface area (Å²) in [4.78, 5) is 12.3. The van der Waals surface area contributed by atoms with Gasteiger partial charge in [0.15, 0.2) is 0 Å². The van der Waals surface area contributed by atoms with E-state index < -0.39 is 0 Å². The molecule has 0 heterocycles.